The van der Waals surface area contributed by atoms with Gasteiger partial charge in [-0.3, -0.25) is 4.98 Å². The Morgan fingerprint density at radius 3 is 3.29 bits per heavy atom. The van der Waals surface area contributed by atoms with Crippen LogP contribution >= 0.6 is 0 Å². The molecule has 0 spiro atoms. The number of hydrogen-bond acceptors (Lipinski definition) is 3. The van der Waals surface area contributed by atoms with Crippen LogP contribution < -0.4 is 5.32 Å². The number of nitrogens with one attached hydrogen (secondary N) is 1. The number of rotatable bonds is 6. The summed E-state index contributed by atoms with van der Waals surface area (Å²) in [6.07, 6.45) is 6.41. The van der Waals surface area contributed by atoms with Gasteiger partial charge in [0.25, 0.3) is 0 Å². The second kappa shape index (κ2) is 6.12. The smallest absolute Gasteiger partial charge is 0.0605 e. The lowest BCUT2D eigenvalue weighted by Crippen LogP contribution is -2.21. The van der Waals surface area contributed by atoms with Crippen LogP contribution in [0.25, 0.3) is 0 Å². The first kappa shape index (κ1) is 12.5. The van der Waals surface area contributed by atoms with Crippen molar-refractivity contribution in [2.75, 3.05) is 13.2 Å². The van der Waals surface area contributed by atoms with Crippen LogP contribution in [0.5, 0.6) is 0 Å². The Kier molecular flexibility index (Phi) is 4.51. The molecule has 0 amide bonds. The average Bonchev–Trinajstić information content (AvgIpc) is 2.78. The summed E-state index contributed by atoms with van der Waals surface area (Å²) in [6, 6.07) is 4.64. The summed E-state index contributed by atoms with van der Waals surface area (Å²) in [4.78, 5) is 4.47. The summed E-state index contributed by atoms with van der Waals surface area (Å²) < 4.78 is 0. The second-order valence-corrected chi connectivity index (χ2v) is 5.02. The molecule has 94 valence electrons. The summed E-state index contributed by atoms with van der Waals surface area (Å²) in [5.41, 5.74) is 2.64. The number of fused-ring (bicyclic) bond motifs is 1. The maximum Gasteiger partial charge on any atom is 0.0605 e. The lowest BCUT2D eigenvalue weighted by Gasteiger charge is -2.14. The fraction of sp³-hybridized carbons (Fsp3) is 0.643. The van der Waals surface area contributed by atoms with Crippen molar-refractivity contribution >= 4 is 0 Å². The van der Waals surface area contributed by atoms with E-state index >= 15 is 0 Å². The molecule has 2 unspecified atom stereocenters. The van der Waals surface area contributed by atoms with Crippen LogP contribution in [0, 0.1) is 5.92 Å². The Morgan fingerprint density at radius 2 is 2.47 bits per heavy atom. The van der Waals surface area contributed by atoms with Gasteiger partial charge in [0, 0.05) is 12.8 Å². The van der Waals surface area contributed by atoms with Crippen LogP contribution in [0.1, 0.15) is 43.5 Å². The number of aryl methyl sites for hydroxylation is 1. The van der Waals surface area contributed by atoms with Gasteiger partial charge in [-0.05, 0) is 49.8 Å². The number of aliphatic hydroxyl groups is 1. The minimum Gasteiger partial charge on any atom is -0.396 e. The molecule has 1 aromatic rings. The highest BCUT2D eigenvalue weighted by Gasteiger charge is 2.22. The summed E-state index contributed by atoms with van der Waals surface area (Å²) in [6.45, 7) is 3.41. The Balaban J connectivity index is 1.75. The minimum atomic E-state index is 0.299. The topological polar surface area (TPSA) is 45.1 Å². The fourth-order valence-electron chi connectivity index (χ4n) is 2.43. The van der Waals surface area contributed by atoms with Gasteiger partial charge in [-0.25, -0.2) is 0 Å². The second-order valence-electron chi connectivity index (χ2n) is 5.02. The zero-order chi connectivity index (χ0) is 12.1. The molecule has 0 radical (unpaired) electrons. The molecule has 1 heterocycles. The van der Waals surface area contributed by atoms with Crippen molar-refractivity contribution < 1.29 is 5.11 Å². The van der Waals surface area contributed by atoms with Crippen molar-refractivity contribution in [3.05, 3.63) is 29.6 Å². The van der Waals surface area contributed by atoms with Crippen LogP contribution in [0.4, 0.5) is 0 Å². The number of aromatic nitrogens is 1. The summed E-state index contributed by atoms with van der Waals surface area (Å²) in [7, 11) is 0. The van der Waals surface area contributed by atoms with Gasteiger partial charge in [0.05, 0.1) is 11.7 Å². The molecule has 3 heteroatoms. The highest BCUT2D eigenvalue weighted by molar-refractivity contribution is 5.27. The van der Waals surface area contributed by atoms with E-state index in [9.17, 15) is 0 Å². The SMILES string of the molecule is CC(CO)CCCNC1CCc2cccnc21. The van der Waals surface area contributed by atoms with Crippen molar-refractivity contribution in [1.82, 2.24) is 10.3 Å². The van der Waals surface area contributed by atoms with Crippen LogP contribution in [0.2, 0.25) is 0 Å². The van der Waals surface area contributed by atoms with E-state index in [1.54, 1.807) is 0 Å². The van der Waals surface area contributed by atoms with Crippen molar-refractivity contribution in [2.45, 2.75) is 38.6 Å². The molecule has 0 bridgehead atoms. The summed E-state index contributed by atoms with van der Waals surface area (Å²) in [5, 5.41) is 12.5. The molecule has 3 nitrogen and oxygen atoms in total. The largest absolute Gasteiger partial charge is 0.396 e. The van der Waals surface area contributed by atoms with Crippen LogP contribution in [-0.4, -0.2) is 23.2 Å². The molecule has 0 saturated carbocycles. The van der Waals surface area contributed by atoms with Gasteiger partial charge < -0.3 is 10.4 Å². The van der Waals surface area contributed by atoms with Crippen LogP contribution in [0.3, 0.4) is 0 Å². The van der Waals surface area contributed by atoms with E-state index in [0.29, 0.717) is 18.6 Å². The third-order valence-corrected chi connectivity index (χ3v) is 3.53. The van der Waals surface area contributed by atoms with Gasteiger partial charge in [0.2, 0.25) is 0 Å². The summed E-state index contributed by atoms with van der Waals surface area (Å²) in [5.74, 6) is 0.422. The zero-order valence-electron chi connectivity index (χ0n) is 10.5. The van der Waals surface area contributed by atoms with E-state index in [-0.39, 0.29) is 0 Å². The fourth-order valence-corrected chi connectivity index (χ4v) is 2.43. The van der Waals surface area contributed by atoms with E-state index in [1.807, 2.05) is 12.3 Å². The van der Waals surface area contributed by atoms with E-state index < -0.39 is 0 Å². The molecule has 1 aromatic heterocycles. The standard InChI is InChI=1S/C14H22N2O/c1-11(10-17)4-2-8-15-13-7-6-12-5-3-9-16-14(12)13/h3,5,9,11,13,15,17H,2,4,6-8,10H2,1H3. The first-order chi connectivity index (χ1) is 8.31. The predicted octanol–water partition coefficient (Wildman–Crippen LogP) is 2.07. The van der Waals surface area contributed by atoms with Crippen molar-refractivity contribution in [3.8, 4) is 0 Å². The first-order valence-corrected chi connectivity index (χ1v) is 6.59. The van der Waals surface area contributed by atoms with Gasteiger partial charge in [-0.15, -0.1) is 0 Å². The first-order valence-electron chi connectivity index (χ1n) is 6.59. The molecule has 2 atom stereocenters. The minimum absolute atomic E-state index is 0.299. The van der Waals surface area contributed by atoms with Crippen LogP contribution in [0.15, 0.2) is 18.3 Å². The zero-order valence-corrected chi connectivity index (χ0v) is 10.5. The van der Waals surface area contributed by atoms with Crippen LogP contribution in [-0.2, 0) is 6.42 Å². The lowest BCUT2D eigenvalue weighted by molar-refractivity contribution is 0.227. The molecule has 0 aromatic carbocycles. The number of nitrogens with zero attached hydrogens (tertiary/aromatic N) is 1. The highest BCUT2D eigenvalue weighted by atomic mass is 16.3. The van der Waals surface area contributed by atoms with E-state index in [1.165, 1.54) is 17.7 Å². The maximum atomic E-state index is 8.95. The maximum absolute atomic E-state index is 8.95. The predicted molar refractivity (Wildman–Crippen MR) is 68.8 cm³/mol. The van der Waals surface area contributed by atoms with Gasteiger partial charge >= 0.3 is 0 Å². The number of aliphatic hydroxyl groups excluding tert-OH is 1. The molecule has 0 aliphatic heterocycles. The normalized spacial score (nSPS) is 20.2. The molecule has 17 heavy (non-hydrogen) atoms. The summed E-state index contributed by atoms with van der Waals surface area (Å²) >= 11 is 0. The average molecular weight is 234 g/mol. The van der Waals surface area contributed by atoms with E-state index in [4.69, 9.17) is 5.11 Å². The molecule has 1 aliphatic carbocycles. The molecular weight excluding hydrogens is 212 g/mol. The molecule has 1 aliphatic rings. The van der Waals surface area contributed by atoms with Crippen molar-refractivity contribution in [1.29, 1.82) is 0 Å². The molecular formula is C14H22N2O. The van der Waals surface area contributed by atoms with Gasteiger partial charge in [-0.1, -0.05) is 13.0 Å². The third kappa shape index (κ3) is 3.27. The Bertz CT molecular complexity index is 354. The van der Waals surface area contributed by atoms with Crippen molar-refractivity contribution in [3.63, 3.8) is 0 Å². The van der Waals surface area contributed by atoms with Gasteiger partial charge in [-0.2, -0.15) is 0 Å². The molecule has 0 fully saturated rings. The van der Waals surface area contributed by atoms with Crippen molar-refractivity contribution in [2.24, 2.45) is 5.92 Å². The lowest BCUT2D eigenvalue weighted by atomic mass is 10.1. The molecule has 2 N–H and O–H groups in total. The molecule has 0 saturated heterocycles. The Hall–Kier alpha value is -0.930. The van der Waals surface area contributed by atoms with Gasteiger partial charge in [0.15, 0.2) is 0 Å². The quantitative estimate of drug-likeness (QED) is 0.741. The van der Waals surface area contributed by atoms with E-state index in [0.717, 1.165) is 25.8 Å². The van der Waals surface area contributed by atoms with E-state index in [2.05, 4.69) is 23.3 Å². The number of pyridine rings is 1. The third-order valence-electron chi connectivity index (χ3n) is 3.53. The molecule has 2 rings (SSSR count). The van der Waals surface area contributed by atoms with Gasteiger partial charge in [0.1, 0.15) is 0 Å². The Morgan fingerprint density at radius 1 is 1.59 bits per heavy atom. The Labute approximate surface area is 103 Å². The number of hydrogen-bond donors (Lipinski definition) is 2. The highest BCUT2D eigenvalue weighted by Crippen LogP contribution is 2.28. The monoisotopic (exact) mass is 234 g/mol.